The van der Waals surface area contributed by atoms with Crippen LogP contribution in [-0.4, -0.2) is 106 Å². The topological polar surface area (TPSA) is 158 Å². The fourth-order valence-electron chi connectivity index (χ4n) is 3.47. The van der Waals surface area contributed by atoms with Gasteiger partial charge in [0, 0.05) is 6.61 Å². The van der Waals surface area contributed by atoms with Gasteiger partial charge in [0.15, 0.2) is 12.6 Å². The van der Waals surface area contributed by atoms with E-state index in [0.717, 1.165) is 19.3 Å². The zero-order chi connectivity index (χ0) is 21.4. The molecule has 10 heteroatoms. The predicted molar refractivity (Wildman–Crippen MR) is 99.7 cm³/mol. The number of hydrogen-bond donors (Lipinski definition) is 6. The van der Waals surface area contributed by atoms with Gasteiger partial charge in [0.1, 0.15) is 42.7 Å². The van der Waals surface area contributed by atoms with Crippen LogP contribution in [0.25, 0.3) is 0 Å². The summed E-state index contributed by atoms with van der Waals surface area (Å²) in [5.41, 5.74) is 0. The maximum absolute atomic E-state index is 10.1. The minimum absolute atomic E-state index is 0.252. The summed E-state index contributed by atoms with van der Waals surface area (Å²) in [5.74, 6) is 0. The number of aliphatic hydroxyl groups excluding tert-OH is 6. The molecule has 0 saturated carbocycles. The molecule has 0 aliphatic carbocycles. The van der Waals surface area contributed by atoms with Crippen molar-refractivity contribution < 1.29 is 49.6 Å². The van der Waals surface area contributed by atoms with Crippen LogP contribution in [-0.2, 0) is 18.9 Å². The normalized spacial score (nSPS) is 40.4. The summed E-state index contributed by atoms with van der Waals surface area (Å²) in [6.07, 6.45) is -4.83. The van der Waals surface area contributed by atoms with E-state index in [2.05, 4.69) is 6.92 Å². The zero-order valence-corrected chi connectivity index (χ0v) is 16.9. The summed E-state index contributed by atoms with van der Waals surface area (Å²) in [6.45, 7) is 1.74. The van der Waals surface area contributed by atoms with E-state index in [1.807, 2.05) is 0 Å². The van der Waals surface area contributed by atoms with Gasteiger partial charge in [-0.05, 0) is 6.42 Å². The van der Waals surface area contributed by atoms with E-state index in [4.69, 9.17) is 18.9 Å². The lowest BCUT2D eigenvalue weighted by Gasteiger charge is -2.39. The largest absolute Gasteiger partial charge is 0.394 e. The first-order chi connectivity index (χ1) is 13.9. The van der Waals surface area contributed by atoms with Crippen LogP contribution in [0.3, 0.4) is 0 Å². The van der Waals surface area contributed by atoms with Crippen LogP contribution in [0, 0.1) is 0 Å². The Morgan fingerprint density at radius 2 is 1.21 bits per heavy atom. The molecule has 172 valence electrons. The van der Waals surface area contributed by atoms with Gasteiger partial charge in [-0.2, -0.15) is 0 Å². The molecule has 2 aliphatic heterocycles. The van der Waals surface area contributed by atoms with Crippen LogP contribution in [0.5, 0.6) is 0 Å². The number of unbranched alkanes of at least 4 members (excludes halogenated alkanes) is 5. The van der Waals surface area contributed by atoms with Crippen molar-refractivity contribution in [3.63, 3.8) is 0 Å². The fourth-order valence-corrected chi connectivity index (χ4v) is 3.47. The zero-order valence-electron chi connectivity index (χ0n) is 16.9. The Kier molecular flexibility index (Phi) is 10.7. The third-order valence-electron chi connectivity index (χ3n) is 5.37. The molecule has 2 fully saturated rings. The maximum atomic E-state index is 10.1. The van der Waals surface area contributed by atoms with Crippen LogP contribution in [0.4, 0.5) is 0 Å². The third-order valence-corrected chi connectivity index (χ3v) is 5.37. The van der Waals surface area contributed by atoms with Gasteiger partial charge in [0.2, 0.25) is 0 Å². The molecule has 6 N–H and O–H groups in total. The summed E-state index contributed by atoms with van der Waals surface area (Å²) in [5, 5.41) is 58.9. The van der Waals surface area contributed by atoms with Gasteiger partial charge in [-0.25, -0.2) is 0 Å². The summed E-state index contributed by atoms with van der Waals surface area (Å²) >= 11 is 0. The van der Waals surface area contributed by atoms with Crippen LogP contribution in [0.1, 0.15) is 45.4 Å². The van der Waals surface area contributed by atoms with Crippen LogP contribution in [0.15, 0.2) is 0 Å². The molecule has 0 bridgehead atoms. The fraction of sp³-hybridized carbons (Fsp3) is 1.00. The highest BCUT2D eigenvalue weighted by Gasteiger charge is 2.47. The quantitative estimate of drug-likeness (QED) is 0.206. The number of hydrogen-bond acceptors (Lipinski definition) is 10. The molecule has 2 aliphatic rings. The van der Waals surface area contributed by atoms with Gasteiger partial charge in [0.05, 0.1) is 13.2 Å². The Morgan fingerprint density at radius 3 is 1.90 bits per heavy atom. The van der Waals surface area contributed by atoms with Crippen molar-refractivity contribution in [2.24, 2.45) is 0 Å². The van der Waals surface area contributed by atoms with Crippen molar-refractivity contribution in [1.29, 1.82) is 0 Å². The summed E-state index contributed by atoms with van der Waals surface area (Å²) < 4.78 is 21.6. The minimum Gasteiger partial charge on any atom is -0.394 e. The van der Waals surface area contributed by atoms with Gasteiger partial charge in [-0.1, -0.05) is 39.0 Å². The highest BCUT2D eigenvalue weighted by atomic mass is 16.7. The standard InChI is InChI=1S/C19H36O10/c1-2-3-4-5-6-7-8-26-18-16(24)14(22)12(29-18)10-27-19-17(25)15(23)13(21)11(9-20)28-19/h11-25H,2-10H2,1H3/t11-,12-,13-,14-,15+,16+,17+,18-,19+/m1/s1. The molecule has 0 spiro atoms. The van der Waals surface area contributed by atoms with E-state index in [9.17, 15) is 30.6 Å². The molecule has 0 aromatic rings. The Balaban J connectivity index is 1.73. The number of rotatable bonds is 12. The Labute approximate surface area is 171 Å². The molecule has 29 heavy (non-hydrogen) atoms. The SMILES string of the molecule is CCCCCCCCO[C@@H]1O[C@H](CO[C@H]2O[C@H](CO)[C@@H](O)[C@H](O)[C@@H]2O)[C@@H](O)[C@@H]1O. The Hall–Kier alpha value is -0.400. The highest BCUT2D eigenvalue weighted by molar-refractivity contribution is 4.90. The second-order valence-corrected chi connectivity index (χ2v) is 7.69. The van der Waals surface area contributed by atoms with Gasteiger partial charge in [-0.15, -0.1) is 0 Å². The molecule has 2 saturated heterocycles. The summed E-state index contributed by atoms with van der Waals surface area (Å²) in [6, 6.07) is 0. The predicted octanol–water partition coefficient (Wildman–Crippen LogP) is -1.37. The number of ether oxygens (including phenoxy) is 4. The van der Waals surface area contributed by atoms with E-state index in [1.54, 1.807) is 0 Å². The first-order valence-electron chi connectivity index (χ1n) is 10.5. The molecule has 0 aromatic heterocycles. The minimum atomic E-state index is -1.56. The first kappa shape index (κ1) is 24.9. The monoisotopic (exact) mass is 424 g/mol. The van der Waals surface area contributed by atoms with Crippen molar-refractivity contribution >= 4 is 0 Å². The number of aliphatic hydroxyl groups is 6. The van der Waals surface area contributed by atoms with Crippen molar-refractivity contribution in [3.05, 3.63) is 0 Å². The van der Waals surface area contributed by atoms with Crippen molar-refractivity contribution in [2.75, 3.05) is 19.8 Å². The van der Waals surface area contributed by atoms with Gasteiger partial charge < -0.3 is 49.6 Å². The highest BCUT2D eigenvalue weighted by Crippen LogP contribution is 2.26. The molecular weight excluding hydrogens is 388 g/mol. The second-order valence-electron chi connectivity index (χ2n) is 7.69. The molecule has 0 aromatic carbocycles. The molecule has 9 atom stereocenters. The second kappa shape index (κ2) is 12.5. The summed E-state index contributed by atoms with van der Waals surface area (Å²) in [7, 11) is 0. The lowest BCUT2D eigenvalue weighted by Crippen LogP contribution is -2.59. The molecular formula is C19H36O10. The summed E-state index contributed by atoms with van der Waals surface area (Å²) in [4.78, 5) is 0. The first-order valence-corrected chi connectivity index (χ1v) is 10.5. The van der Waals surface area contributed by atoms with Crippen molar-refractivity contribution in [2.45, 2.75) is 101 Å². The Bertz CT molecular complexity index is 451. The molecule has 0 unspecified atom stereocenters. The molecule has 10 nitrogen and oxygen atoms in total. The van der Waals surface area contributed by atoms with E-state index >= 15 is 0 Å². The lowest BCUT2D eigenvalue weighted by atomic mass is 9.99. The van der Waals surface area contributed by atoms with E-state index in [-0.39, 0.29) is 6.61 Å². The van der Waals surface area contributed by atoms with Gasteiger partial charge in [-0.3, -0.25) is 0 Å². The average Bonchev–Trinajstić information content (AvgIpc) is 2.99. The average molecular weight is 424 g/mol. The molecule has 2 rings (SSSR count). The molecule has 2 heterocycles. The van der Waals surface area contributed by atoms with Crippen LogP contribution >= 0.6 is 0 Å². The molecule has 0 radical (unpaired) electrons. The maximum Gasteiger partial charge on any atom is 0.186 e. The van der Waals surface area contributed by atoms with Gasteiger partial charge >= 0.3 is 0 Å². The van der Waals surface area contributed by atoms with Gasteiger partial charge in [0.25, 0.3) is 0 Å². The van der Waals surface area contributed by atoms with E-state index in [0.29, 0.717) is 6.61 Å². The third kappa shape index (κ3) is 6.79. The Morgan fingerprint density at radius 1 is 0.655 bits per heavy atom. The van der Waals surface area contributed by atoms with Crippen molar-refractivity contribution in [1.82, 2.24) is 0 Å². The van der Waals surface area contributed by atoms with Crippen LogP contribution < -0.4 is 0 Å². The molecule has 0 amide bonds. The lowest BCUT2D eigenvalue weighted by molar-refractivity contribution is -0.307. The van der Waals surface area contributed by atoms with E-state index < -0.39 is 61.9 Å². The smallest absolute Gasteiger partial charge is 0.186 e. The van der Waals surface area contributed by atoms with E-state index in [1.165, 1.54) is 19.3 Å². The van der Waals surface area contributed by atoms with Crippen molar-refractivity contribution in [3.8, 4) is 0 Å². The van der Waals surface area contributed by atoms with Crippen LogP contribution in [0.2, 0.25) is 0 Å².